The summed E-state index contributed by atoms with van der Waals surface area (Å²) in [5.41, 5.74) is 0. The van der Waals surface area contributed by atoms with E-state index >= 15 is 0 Å². The van der Waals surface area contributed by atoms with E-state index < -0.39 is 0 Å². The lowest BCUT2D eigenvalue weighted by Gasteiger charge is -2.14. The van der Waals surface area contributed by atoms with Crippen LogP contribution >= 0.6 is 12.2 Å². The molecule has 1 nitrogen and oxygen atoms in total. The highest BCUT2D eigenvalue weighted by molar-refractivity contribution is 7.80. The van der Waals surface area contributed by atoms with E-state index in [9.17, 15) is 4.79 Å². The lowest BCUT2D eigenvalue weighted by molar-refractivity contribution is -0.108. The predicted octanol–water partition coefficient (Wildman–Crippen LogP) is 2.30. The molecule has 0 aliphatic heterocycles. The molecule has 0 radical (unpaired) electrons. The van der Waals surface area contributed by atoms with Crippen molar-refractivity contribution in [3.8, 4) is 0 Å². The molecule has 11 heavy (non-hydrogen) atoms. The maximum Gasteiger partial charge on any atom is 0.120 e. The fraction of sp³-hybridized carbons (Fsp3) is 0.556. The summed E-state index contributed by atoms with van der Waals surface area (Å²) in [7, 11) is 0. The van der Waals surface area contributed by atoms with Gasteiger partial charge in [-0.2, -0.15) is 0 Å². The molecule has 0 spiro atoms. The molecule has 1 unspecified atom stereocenters. The average Bonchev–Trinajstić information content (AvgIpc) is 2.04. The van der Waals surface area contributed by atoms with E-state index in [4.69, 9.17) is 12.2 Å². The quantitative estimate of drug-likeness (QED) is 0.475. The van der Waals surface area contributed by atoms with E-state index in [0.29, 0.717) is 12.3 Å². The molecule has 1 aliphatic rings. The van der Waals surface area contributed by atoms with Gasteiger partial charge in [-0.1, -0.05) is 24.4 Å². The summed E-state index contributed by atoms with van der Waals surface area (Å²) in [4.78, 5) is 11.1. The summed E-state index contributed by atoms with van der Waals surface area (Å²) >= 11 is 5.01. The van der Waals surface area contributed by atoms with Gasteiger partial charge in [-0.25, -0.2) is 0 Å². The third-order valence-corrected chi connectivity index (χ3v) is 2.31. The number of hydrogen-bond donors (Lipinski definition) is 0. The monoisotopic (exact) mass is 168 g/mol. The maximum atomic E-state index is 10.1. The molecule has 1 aliphatic carbocycles. The van der Waals surface area contributed by atoms with E-state index in [1.165, 1.54) is 0 Å². The molecule has 2 heteroatoms. The predicted molar refractivity (Wildman–Crippen MR) is 49.8 cm³/mol. The summed E-state index contributed by atoms with van der Waals surface area (Å²) in [6.45, 7) is 0. The van der Waals surface area contributed by atoms with E-state index in [2.05, 4.69) is 6.08 Å². The minimum atomic E-state index is 0.590. The number of carbonyl (C=O) groups excluding carboxylic acids is 1. The Labute approximate surface area is 72.5 Å². The molecular weight excluding hydrogens is 156 g/mol. The number of rotatable bonds is 3. The molecule has 0 saturated heterocycles. The Morgan fingerprint density at radius 3 is 3.09 bits per heavy atom. The Hall–Kier alpha value is -0.500. The highest BCUT2D eigenvalue weighted by Gasteiger charge is 2.09. The lowest BCUT2D eigenvalue weighted by atomic mass is 9.92. The van der Waals surface area contributed by atoms with Crippen molar-refractivity contribution in [1.29, 1.82) is 0 Å². The van der Waals surface area contributed by atoms with Gasteiger partial charge in [0.05, 0.1) is 0 Å². The van der Waals surface area contributed by atoms with Crippen LogP contribution in [0.3, 0.4) is 0 Å². The first kappa shape index (κ1) is 8.60. The molecule has 0 saturated carbocycles. The molecule has 0 aromatic carbocycles. The van der Waals surface area contributed by atoms with Gasteiger partial charge in [0.25, 0.3) is 0 Å². The van der Waals surface area contributed by atoms with Gasteiger partial charge < -0.3 is 4.79 Å². The van der Waals surface area contributed by atoms with Crippen LogP contribution < -0.4 is 0 Å². The molecule has 0 bridgehead atoms. The molecule has 1 rings (SSSR count). The van der Waals surface area contributed by atoms with Crippen LogP contribution in [0.1, 0.15) is 25.7 Å². The van der Waals surface area contributed by atoms with Gasteiger partial charge in [0.15, 0.2) is 0 Å². The highest BCUT2D eigenvalue weighted by atomic mass is 32.1. The van der Waals surface area contributed by atoms with Crippen molar-refractivity contribution in [3.05, 3.63) is 12.2 Å². The maximum absolute atomic E-state index is 10.1. The van der Waals surface area contributed by atoms with Gasteiger partial charge in [-0.15, -0.1) is 0 Å². The number of thiocarbonyl (C=S) groups is 1. The van der Waals surface area contributed by atoms with Crippen molar-refractivity contribution in [2.24, 2.45) is 5.92 Å². The van der Waals surface area contributed by atoms with E-state index in [-0.39, 0.29) is 0 Å². The average molecular weight is 168 g/mol. The second-order valence-corrected chi connectivity index (χ2v) is 3.39. The topological polar surface area (TPSA) is 17.1 Å². The zero-order valence-corrected chi connectivity index (χ0v) is 7.27. The molecule has 0 amide bonds. The minimum Gasteiger partial charge on any atom is -0.303 e. The number of aldehydes is 1. The fourth-order valence-corrected chi connectivity index (χ4v) is 1.47. The Morgan fingerprint density at radius 1 is 1.73 bits per heavy atom. The first-order chi connectivity index (χ1) is 5.33. The third kappa shape index (κ3) is 2.93. The lowest BCUT2D eigenvalue weighted by Crippen LogP contribution is -2.06. The fourth-order valence-electron chi connectivity index (χ4n) is 1.27. The molecule has 1 atom stereocenters. The Kier molecular flexibility index (Phi) is 3.43. The molecule has 60 valence electrons. The Morgan fingerprint density at radius 2 is 2.55 bits per heavy atom. The van der Waals surface area contributed by atoms with Gasteiger partial charge in [0, 0.05) is 11.3 Å². The number of hydrogen-bond acceptors (Lipinski definition) is 2. The van der Waals surface area contributed by atoms with Crippen LogP contribution in [-0.2, 0) is 4.79 Å². The van der Waals surface area contributed by atoms with Gasteiger partial charge in [-0.05, 0) is 25.2 Å². The molecule has 0 heterocycles. The SMILES string of the molecule is O=CCCC1C=CC(=S)CC1. The van der Waals surface area contributed by atoms with Crippen LogP contribution in [0, 0.1) is 5.92 Å². The third-order valence-electron chi connectivity index (χ3n) is 1.97. The molecule has 0 N–H and O–H groups in total. The summed E-state index contributed by atoms with van der Waals surface area (Å²) in [6, 6.07) is 0. The molecule has 0 fully saturated rings. The van der Waals surface area contributed by atoms with Crippen LogP contribution in [0.2, 0.25) is 0 Å². The van der Waals surface area contributed by atoms with Gasteiger partial charge in [0.2, 0.25) is 0 Å². The zero-order chi connectivity index (χ0) is 8.10. The second-order valence-electron chi connectivity index (χ2n) is 2.87. The summed E-state index contributed by atoms with van der Waals surface area (Å²) in [5.74, 6) is 0.590. The Bertz CT molecular complexity index is 184. The normalized spacial score (nSPS) is 23.6. The zero-order valence-electron chi connectivity index (χ0n) is 6.45. The number of carbonyl (C=O) groups is 1. The van der Waals surface area contributed by atoms with Crippen molar-refractivity contribution in [3.63, 3.8) is 0 Å². The van der Waals surface area contributed by atoms with Crippen LogP contribution in [0.15, 0.2) is 12.2 Å². The highest BCUT2D eigenvalue weighted by Crippen LogP contribution is 2.19. The van der Waals surface area contributed by atoms with Gasteiger partial charge in [-0.3, -0.25) is 0 Å². The van der Waals surface area contributed by atoms with E-state index in [1.807, 2.05) is 6.08 Å². The van der Waals surface area contributed by atoms with Crippen LogP contribution in [0.4, 0.5) is 0 Å². The molecule has 0 aromatic heterocycles. The largest absolute Gasteiger partial charge is 0.303 e. The van der Waals surface area contributed by atoms with Gasteiger partial charge >= 0.3 is 0 Å². The molecule has 0 aromatic rings. The van der Waals surface area contributed by atoms with E-state index in [1.54, 1.807) is 0 Å². The first-order valence-electron chi connectivity index (χ1n) is 3.97. The van der Waals surface area contributed by atoms with Crippen molar-refractivity contribution in [2.45, 2.75) is 25.7 Å². The van der Waals surface area contributed by atoms with Gasteiger partial charge in [0.1, 0.15) is 6.29 Å². The van der Waals surface area contributed by atoms with Crippen molar-refractivity contribution >= 4 is 23.4 Å². The molecular formula is C9H12OS. The second kappa shape index (κ2) is 4.39. The van der Waals surface area contributed by atoms with Crippen molar-refractivity contribution in [1.82, 2.24) is 0 Å². The van der Waals surface area contributed by atoms with Crippen molar-refractivity contribution < 1.29 is 4.79 Å². The summed E-state index contributed by atoms with van der Waals surface area (Å²) < 4.78 is 0. The first-order valence-corrected chi connectivity index (χ1v) is 4.38. The standard InChI is InChI=1S/C9H12OS/c10-7-1-2-8-3-5-9(11)6-4-8/h3,5,7-8H,1-2,4,6H2. The van der Waals surface area contributed by atoms with Crippen LogP contribution in [0.25, 0.3) is 0 Å². The summed E-state index contributed by atoms with van der Waals surface area (Å²) in [6.07, 6.45) is 8.95. The van der Waals surface area contributed by atoms with Crippen LogP contribution in [-0.4, -0.2) is 11.2 Å². The van der Waals surface area contributed by atoms with Crippen molar-refractivity contribution in [2.75, 3.05) is 0 Å². The van der Waals surface area contributed by atoms with Crippen LogP contribution in [0.5, 0.6) is 0 Å². The van der Waals surface area contributed by atoms with E-state index in [0.717, 1.165) is 30.4 Å². The Balaban J connectivity index is 2.31. The smallest absolute Gasteiger partial charge is 0.120 e. The number of allylic oxidation sites excluding steroid dienone is 2. The summed E-state index contributed by atoms with van der Waals surface area (Å²) in [5, 5.41) is 0. The minimum absolute atomic E-state index is 0.590.